The average molecular weight is 193 g/mol. The highest BCUT2D eigenvalue weighted by Crippen LogP contribution is 2.14. The number of carbonyl (C=O) groups is 1. The summed E-state index contributed by atoms with van der Waals surface area (Å²) in [5, 5.41) is 3.16. The van der Waals surface area contributed by atoms with Crippen molar-refractivity contribution in [2.75, 3.05) is 11.9 Å². The molecule has 0 saturated carbocycles. The molecule has 14 heavy (non-hydrogen) atoms. The van der Waals surface area contributed by atoms with E-state index in [1.807, 2.05) is 18.2 Å². The predicted octanol–water partition coefficient (Wildman–Crippen LogP) is 1.11. The van der Waals surface area contributed by atoms with E-state index in [4.69, 9.17) is 5.84 Å². The molecule has 4 N–H and O–H groups in total. The topological polar surface area (TPSA) is 67.2 Å². The van der Waals surface area contributed by atoms with Crippen LogP contribution in [0.4, 0.5) is 5.69 Å². The number of hydrazine groups is 1. The maximum atomic E-state index is 11.3. The van der Waals surface area contributed by atoms with E-state index >= 15 is 0 Å². The lowest BCUT2D eigenvalue weighted by Crippen LogP contribution is -2.30. The molecule has 0 fully saturated rings. The molecule has 4 heteroatoms. The zero-order valence-corrected chi connectivity index (χ0v) is 8.21. The molecule has 0 saturated heterocycles. The van der Waals surface area contributed by atoms with Gasteiger partial charge in [-0.2, -0.15) is 0 Å². The molecule has 1 aromatic rings. The molecule has 0 spiro atoms. The first-order valence-electron chi connectivity index (χ1n) is 4.63. The predicted molar refractivity (Wildman–Crippen MR) is 56.9 cm³/mol. The summed E-state index contributed by atoms with van der Waals surface area (Å²) in [6, 6.07) is 7.29. The SMILES string of the molecule is CCCNc1ccccc1C(=O)NN. The van der Waals surface area contributed by atoms with Crippen molar-refractivity contribution < 1.29 is 4.79 Å². The molecule has 4 nitrogen and oxygen atoms in total. The quantitative estimate of drug-likeness (QED) is 0.381. The van der Waals surface area contributed by atoms with Gasteiger partial charge in [0.2, 0.25) is 0 Å². The number of para-hydroxylation sites is 1. The average Bonchev–Trinajstić information content (AvgIpc) is 2.25. The van der Waals surface area contributed by atoms with Crippen LogP contribution in [0.2, 0.25) is 0 Å². The van der Waals surface area contributed by atoms with E-state index in [1.165, 1.54) is 0 Å². The third-order valence-electron chi connectivity index (χ3n) is 1.87. The second kappa shape index (κ2) is 5.24. The second-order valence-corrected chi connectivity index (χ2v) is 2.95. The minimum Gasteiger partial charge on any atom is -0.384 e. The standard InChI is InChI=1S/C10H15N3O/c1-2-7-12-9-6-4-3-5-8(9)10(14)13-11/h3-6,12H,2,7,11H2,1H3,(H,13,14). The maximum absolute atomic E-state index is 11.3. The Bertz CT molecular complexity index is 312. The van der Waals surface area contributed by atoms with Crippen molar-refractivity contribution in [2.24, 2.45) is 5.84 Å². The number of nitrogens with one attached hydrogen (secondary N) is 2. The molecule has 1 rings (SSSR count). The van der Waals surface area contributed by atoms with Crippen molar-refractivity contribution in [2.45, 2.75) is 13.3 Å². The Labute approximate surface area is 83.5 Å². The van der Waals surface area contributed by atoms with Gasteiger partial charge in [-0.1, -0.05) is 19.1 Å². The van der Waals surface area contributed by atoms with E-state index in [-0.39, 0.29) is 5.91 Å². The first-order chi connectivity index (χ1) is 6.79. The van der Waals surface area contributed by atoms with E-state index in [0.29, 0.717) is 5.56 Å². The summed E-state index contributed by atoms with van der Waals surface area (Å²) in [6.07, 6.45) is 1.01. The Balaban J connectivity index is 2.85. The molecule has 1 amide bonds. The third-order valence-corrected chi connectivity index (χ3v) is 1.87. The lowest BCUT2D eigenvalue weighted by atomic mass is 10.1. The summed E-state index contributed by atoms with van der Waals surface area (Å²) in [4.78, 5) is 11.3. The smallest absolute Gasteiger partial charge is 0.267 e. The number of anilines is 1. The molecule has 0 heterocycles. The lowest BCUT2D eigenvalue weighted by Gasteiger charge is -2.09. The first kappa shape index (κ1) is 10.5. The maximum Gasteiger partial charge on any atom is 0.267 e. The number of hydrogen-bond donors (Lipinski definition) is 3. The monoisotopic (exact) mass is 193 g/mol. The highest BCUT2D eigenvalue weighted by molar-refractivity contribution is 5.99. The number of nitrogens with two attached hydrogens (primary N) is 1. The Kier molecular flexibility index (Phi) is 3.94. The summed E-state index contributed by atoms with van der Waals surface area (Å²) < 4.78 is 0. The number of benzene rings is 1. The van der Waals surface area contributed by atoms with Crippen LogP contribution in [-0.4, -0.2) is 12.5 Å². The Morgan fingerprint density at radius 2 is 2.14 bits per heavy atom. The Morgan fingerprint density at radius 3 is 2.79 bits per heavy atom. The van der Waals surface area contributed by atoms with Gasteiger partial charge in [-0.05, 0) is 18.6 Å². The van der Waals surface area contributed by atoms with Gasteiger partial charge in [0.15, 0.2) is 0 Å². The zero-order valence-electron chi connectivity index (χ0n) is 8.21. The highest BCUT2D eigenvalue weighted by Gasteiger charge is 2.07. The van der Waals surface area contributed by atoms with Crippen LogP contribution in [0.1, 0.15) is 23.7 Å². The summed E-state index contributed by atoms with van der Waals surface area (Å²) in [6.45, 7) is 2.91. The van der Waals surface area contributed by atoms with Crippen molar-refractivity contribution in [3.05, 3.63) is 29.8 Å². The van der Waals surface area contributed by atoms with Crippen LogP contribution in [0.5, 0.6) is 0 Å². The number of amides is 1. The van der Waals surface area contributed by atoms with Crippen molar-refractivity contribution in [1.29, 1.82) is 0 Å². The number of rotatable bonds is 4. The molecule has 0 atom stereocenters. The summed E-state index contributed by atoms with van der Waals surface area (Å²) in [7, 11) is 0. The van der Waals surface area contributed by atoms with Crippen LogP contribution in [0.25, 0.3) is 0 Å². The summed E-state index contributed by atoms with van der Waals surface area (Å²) in [5.41, 5.74) is 3.51. The van der Waals surface area contributed by atoms with Gasteiger partial charge in [-0.25, -0.2) is 5.84 Å². The highest BCUT2D eigenvalue weighted by atomic mass is 16.2. The van der Waals surface area contributed by atoms with Gasteiger partial charge in [0.1, 0.15) is 0 Å². The fraction of sp³-hybridized carbons (Fsp3) is 0.300. The van der Waals surface area contributed by atoms with Crippen LogP contribution in [0.3, 0.4) is 0 Å². The fourth-order valence-electron chi connectivity index (χ4n) is 1.17. The zero-order chi connectivity index (χ0) is 10.4. The lowest BCUT2D eigenvalue weighted by molar-refractivity contribution is 0.0954. The molecule has 0 aliphatic carbocycles. The fourth-order valence-corrected chi connectivity index (χ4v) is 1.17. The molecule has 0 aromatic heterocycles. The van der Waals surface area contributed by atoms with Gasteiger partial charge >= 0.3 is 0 Å². The number of hydrogen-bond acceptors (Lipinski definition) is 3. The largest absolute Gasteiger partial charge is 0.384 e. The van der Waals surface area contributed by atoms with E-state index in [1.54, 1.807) is 6.07 Å². The molecular weight excluding hydrogens is 178 g/mol. The van der Waals surface area contributed by atoms with Crippen molar-refractivity contribution in [1.82, 2.24) is 5.43 Å². The second-order valence-electron chi connectivity index (χ2n) is 2.95. The van der Waals surface area contributed by atoms with Crippen molar-refractivity contribution >= 4 is 11.6 Å². The van der Waals surface area contributed by atoms with Gasteiger partial charge in [-0.15, -0.1) is 0 Å². The first-order valence-corrected chi connectivity index (χ1v) is 4.63. The molecular formula is C10H15N3O. The Morgan fingerprint density at radius 1 is 1.43 bits per heavy atom. The van der Waals surface area contributed by atoms with E-state index in [9.17, 15) is 4.79 Å². The minimum atomic E-state index is -0.274. The minimum absolute atomic E-state index is 0.274. The van der Waals surface area contributed by atoms with Gasteiger partial charge in [0.05, 0.1) is 5.56 Å². The van der Waals surface area contributed by atoms with Gasteiger partial charge in [-0.3, -0.25) is 10.2 Å². The molecule has 76 valence electrons. The van der Waals surface area contributed by atoms with Crippen LogP contribution in [0, 0.1) is 0 Å². The van der Waals surface area contributed by atoms with Crippen LogP contribution < -0.4 is 16.6 Å². The van der Waals surface area contributed by atoms with E-state index in [0.717, 1.165) is 18.7 Å². The van der Waals surface area contributed by atoms with Crippen molar-refractivity contribution in [3.63, 3.8) is 0 Å². The molecule has 0 bridgehead atoms. The molecule has 1 aromatic carbocycles. The Hall–Kier alpha value is -1.55. The van der Waals surface area contributed by atoms with Crippen molar-refractivity contribution in [3.8, 4) is 0 Å². The number of nitrogen functional groups attached to an aromatic ring is 1. The van der Waals surface area contributed by atoms with Gasteiger partial charge in [0.25, 0.3) is 5.91 Å². The molecule has 0 unspecified atom stereocenters. The number of carbonyl (C=O) groups excluding carboxylic acids is 1. The van der Waals surface area contributed by atoms with E-state index < -0.39 is 0 Å². The summed E-state index contributed by atoms with van der Waals surface area (Å²) >= 11 is 0. The summed E-state index contributed by atoms with van der Waals surface area (Å²) in [5.74, 6) is 4.80. The van der Waals surface area contributed by atoms with E-state index in [2.05, 4.69) is 17.7 Å². The van der Waals surface area contributed by atoms with Crippen LogP contribution >= 0.6 is 0 Å². The van der Waals surface area contributed by atoms with Gasteiger partial charge < -0.3 is 5.32 Å². The van der Waals surface area contributed by atoms with Crippen LogP contribution in [-0.2, 0) is 0 Å². The third kappa shape index (κ3) is 2.47. The molecule has 0 aliphatic heterocycles. The van der Waals surface area contributed by atoms with Crippen LogP contribution in [0.15, 0.2) is 24.3 Å². The van der Waals surface area contributed by atoms with Gasteiger partial charge in [0, 0.05) is 12.2 Å². The normalized spacial score (nSPS) is 9.57. The molecule has 0 aliphatic rings. The molecule has 0 radical (unpaired) electrons.